The van der Waals surface area contributed by atoms with E-state index in [4.69, 9.17) is 16.3 Å². The zero-order chi connectivity index (χ0) is 19.4. The largest absolute Gasteiger partial charge is 0.454 e. The summed E-state index contributed by atoms with van der Waals surface area (Å²) in [4.78, 5) is 49.2. The first-order valence-corrected chi connectivity index (χ1v) is 8.46. The van der Waals surface area contributed by atoms with E-state index in [-0.39, 0.29) is 6.42 Å². The van der Waals surface area contributed by atoms with Crippen LogP contribution in [0.2, 0.25) is 5.02 Å². The third-order valence-electron chi connectivity index (χ3n) is 3.94. The van der Waals surface area contributed by atoms with Crippen molar-refractivity contribution in [3.05, 3.63) is 64.7 Å². The summed E-state index contributed by atoms with van der Waals surface area (Å²) < 4.78 is 4.86. The van der Waals surface area contributed by atoms with Crippen LogP contribution in [0.3, 0.4) is 0 Å². The second kappa shape index (κ2) is 8.01. The molecular formula is C19H15ClN2O5. The molecule has 27 heavy (non-hydrogen) atoms. The van der Waals surface area contributed by atoms with Crippen molar-refractivity contribution in [2.24, 2.45) is 0 Å². The Morgan fingerprint density at radius 1 is 1.07 bits per heavy atom. The van der Waals surface area contributed by atoms with E-state index in [0.717, 1.165) is 4.90 Å². The number of carbonyl (C=O) groups excluding carboxylic acids is 4. The lowest BCUT2D eigenvalue weighted by atomic mass is 9.98. The zero-order valence-electron chi connectivity index (χ0n) is 14.1. The van der Waals surface area contributed by atoms with Crippen molar-refractivity contribution >= 4 is 41.0 Å². The molecule has 3 amide bonds. The quantitative estimate of drug-likeness (QED) is 0.627. The highest BCUT2D eigenvalue weighted by molar-refractivity contribution is 6.33. The molecule has 0 saturated carbocycles. The lowest BCUT2D eigenvalue weighted by molar-refractivity contribution is -0.150. The number of amides is 3. The number of halogens is 1. The van der Waals surface area contributed by atoms with Gasteiger partial charge < -0.3 is 10.1 Å². The molecule has 1 heterocycles. The number of imide groups is 1. The summed E-state index contributed by atoms with van der Waals surface area (Å²) in [6, 6.07) is 13.3. The Morgan fingerprint density at radius 3 is 2.56 bits per heavy atom. The molecule has 138 valence electrons. The number of para-hydroxylation sites is 1. The maximum absolute atomic E-state index is 12.4. The number of ether oxygens (including phenoxy) is 1. The lowest BCUT2D eigenvalue weighted by Gasteiger charge is -2.25. The summed E-state index contributed by atoms with van der Waals surface area (Å²) >= 11 is 5.93. The van der Waals surface area contributed by atoms with E-state index in [1.807, 2.05) is 0 Å². The van der Waals surface area contributed by atoms with Crippen molar-refractivity contribution < 1.29 is 23.9 Å². The fourth-order valence-corrected chi connectivity index (χ4v) is 2.81. The Labute approximate surface area is 159 Å². The molecule has 0 spiro atoms. The molecule has 0 aromatic heterocycles. The number of nitrogens with zero attached hydrogens (tertiary/aromatic N) is 1. The number of hydrogen-bond donors (Lipinski definition) is 1. The number of carbonyl (C=O) groups is 4. The zero-order valence-corrected chi connectivity index (χ0v) is 14.9. The molecule has 2 aromatic carbocycles. The Kier molecular flexibility index (Phi) is 5.52. The lowest BCUT2D eigenvalue weighted by Crippen LogP contribution is -2.45. The summed E-state index contributed by atoms with van der Waals surface area (Å²) in [5.41, 5.74) is 1.39. The van der Waals surface area contributed by atoms with Crippen molar-refractivity contribution in [1.82, 2.24) is 4.90 Å². The average Bonchev–Trinajstić information content (AvgIpc) is 2.65. The highest BCUT2D eigenvalue weighted by atomic mass is 35.5. The number of nitrogens with one attached hydrogen (secondary N) is 1. The minimum Gasteiger partial charge on any atom is -0.454 e. The van der Waals surface area contributed by atoms with E-state index in [1.165, 1.54) is 0 Å². The number of esters is 1. The van der Waals surface area contributed by atoms with Crippen LogP contribution in [0, 0.1) is 0 Å². The molecule has 1 aliphatic rings. The highest BCUT2D eigenvalue weighted by Crippen LogP contribution is 2.21. The minimum absolute atomic E-state index is 0.0299. The monoisotopic (exact) mass is 386 g/mol. The topological polar surface area (TPSA) is 92.8 Å². The van der Waals surface area contributed by atoms with Gasteiger partial charge >= 0.3 is 5.97 Å². The van der Waals surface area contributed by atoms with Crippen LogP contribution in [0.25, 0.3) is 0 Å². The van der Waals surface area contributed by atoms with Crippen molar-refractivity contribution in [2.75, 3.05) is 18.5 Å². The van der Waals surface area contributed by atoms with Gasteiger partial charge in [-0.25, -0.2) is 0 Å². The molecule has 0 bridgehead atoms. The van der Waals surface area contributed by atoms with Crippen LogP contribution in [0.15, 0.2) is 48.5 Å². The first-order valence-electron chi connectivity index (χ1n) is 8.08. The van der Waals surface area contributed by atoms with Crippen LogP contribution in [0.4, 0.5) is 5.69 Å². The van der Waals surface area contributed by atoms with Gasteiger partial charge in [0.15, 0.2) is 6.61 Å². The smallest absolute Gasteiger partial charge is 0.326 e. The van der Waals surface area contributed by atoms with Gasteiger partial charge in [-0.15, -0.1) is 0 Å². The van der Waals surface area contributed by atoms with Gasteiger partial charge in [-0.2, -0.15) is 0 Å². The van der Waals surface area contributed by atoms with E-state index in [9.17, 15) is 19.2 Å². The third kappa shape index (κ3) is 4.32. The molecule has 0 saturated heterocycles. The molecule has 0 radical (unpaired) electrons. The first kappa shape index (κ1) is 18.6. The van der Waals surface area contributed by atoms with E-state index in [0.29, 0.717) is 21.8 Å². The molecule has 0 unspecified atom stereocenters. The highest BCUT2D eigenvalue weighted by Gasteiger charge is 2.32. The molecule has 1 aliphatic heterocycles. The van der Waals surface area contributed by atoms with Crippen molar-refractivity contribution in [1.29, 1.82) is 0 Å². The van der Waals surface area contributed by atoms with Gasteiger partial charge in [0, 0.05) is 5.56 Å². The van der Waals surface area contributed by atoms with Gasteiger partial charge in [-0.1, -0.05) is 41.9 Å². The van der Waals surface area contributed by atoms with Gasteiger partial charge in [0.1, 0.15) is 6.54 Å². The summed E-state index contributed by atoms with van der Waals surface area (Å²) in [7, 11) is 0. The average molecular weight is 387 g/mol. The molecule has 0 fully saturated rings. The second-order valence-electron chi connectivity index (χ2n) is 5.81. The Bertz CT molecular complexity index is 928. The van der Waals surface area contributed by atoms with Gasteiger partial charge in [0.25, 0.3) is 11.8 Å². The first-order chi connectivity index (χ1) is 13.0. The fourth-order valence-electron chi connectivity index (χ4n) is 2.63. The van der Waals surface area contributed by atoms with Crippen LogP contribution >= 0.6 is 11.6 Å². The summed E-state index contributed by atoms with van der Waals surface area (Å²) in [5.74, 6) is -2.49. The van der Waals surface area contributed by atoms with Crippen LogP contribution in [0.1, 0.15) is 15.9 Å². The van der Waals surface area contributed by atoms with E-state index in [2.05, 4.69) is 5.32 Å². The number of rotatable bonds is 5. The summed E-state index contributed by atoms with van der Waals surface area (Å²) in [5, 5.41) is 2.85. The molecule has 7 nitrogen and oxygen atoms in total. The maximum atomic E-state index is 12.4. The van der Waals surface area contributed by atoms with Crippen LogP contribution in [-0.2, 0) is 25.5 Å². The van der Waals surface area contributed by atoms with Gasteiger partial charge in [0.2, 0.25) is 5.91 Å². The Morgan fingerprint density at radius 2 is 1.78 bits per heavy atom. The molecular weight excluding hydrogens is 372 g/mol. The Hall–Kier alpha value is -3.19. The van der Waals surface area contributed by atoms with Crippen molar-refractivity contribution in [3.8, 4) is 0 Å². The number of hydrogen-bond acceptors (Lipinski definition) is 5. The van der Waals surface area contributed by atoms with Gasteiger partial charge in [0.05, 0.1) is 17.1 Å². The SMILES string of the molecule is O=C(COC(=O)CN1C(=O)Cc2ccccc2C1=O)Nc1ccccc1Cl. The predicted molar refractivity (Wildman–Crippen MR) is 97.2 cm³/mol. The van der Waals surface area contributed by atoms with Gasteiger partial charge in [-0.3, -0.25) is 24.1 Å². The fraction of sp³-hybridized carbons (Fsp3) is 0.158. The molecule has 1 N–H and O–H groups in total. The van der Waals surface area contributed by atoms with Crippen LogP contribution < -0.4 is 5.32 Å². The molecule has 2 aromatic rings. The molecule has 0 aliphatic carbocycles. The van der Waals surface area contributed by atoms with Crippen molar-refractivity contribution in [3.63, 3.8) is 0 Å². The van der Waals surface area contributed by atoms with Crippen molar-refractivity contribution in [2.45, 2.75) is 6.42 Å². The third-order valence-corrected chi connectivity index (χ3v) is 4.26. The molecule has 3 rings (SSSR count). The number of benzene rings is 2. The number of anilines is 1. The normalized spacial score (nSPS) is 13.1. The van der Waals surface area contributed by atoms with E-state index in [1.54, 1.807) is 48.5 Å². The minimum atomic E-state index is -0.856. The second-order valence-corrected chi connectivity index (χ2v) is 6.21. The van der Waals surface area contributed by atoms with Gasteiger partial charge in [-0.05, 0) is 23.8 Å². The summed E-state index contributed by atoms with van der Waals surface area (Å²) in [6.45, 7) is -1.11. The Balaban J connectivity index is 1.55. The molecule has 0 atom stereocenters. The molecule has 8 heteroatoms. The standard InChI is InChI=1S/C19H15ClN2O5/c20-14-7-3-4-8-15(14)21-16(23)11-27-18(25)10-22-17(24)9-12-5-1-2-6-13(12)19(22)26/h1-8H,9-11H2,(H,21,23). The van der Waals surface area contributed by atoms with E-state index < -0.39 is 36.8 Å². The predicted octanol–water partition coefficient (Wildman–Crippen LogP) is 2.05. The van der Waals surface area contributed by atoms with Crippen LogP contribution in [-0.4, -0.2) is 41.7 Å². The number of fused-ring (bicyclic) bond motifs is 1. The maximum Gasteiger partial charge on any atom is 0.326 e. The summed E-state index contributed by atoms with van der Waals surface area (Å²) in [6.07, 6.45) is 0.0299. The van der Waals surface area contributed by atoms with Crippen LogP contribution in [0.5, 0.6) is 0 Å². The van der Waals surface area contributed by atoms with E-state index >= 15 is 0 Å².